The minimum absolute atomic E-state index is 0.113. The maximum absolute atomic E-state index is 12.1. The largest absolute Gasteiger partial charge is 0.240 e. The van der Waals surface area contributed by atoms with Gasteiger partial charge in [0, 0.05) is 13.1 Å². The van der Waals surface area contributed by atoms with Crippen LogP contribution in [0.2, 0.25) is 18.1 Å². The van der Waals surface area contributed by atoms with Gasteiger partial charge in [0.25, 0.3) is 0 Å². The molecule has 4 nitrogen and oxygen atoms in total. The molecule has 1 aliphatic heterocycles. The van der Waals surface area contributed by atoms with E-state index in [2.05, 4.69) is 38.3 Å². The Morgan fingerprint density at radius 2 is 1.80 bits per heavy atom. The van der Waals surface area contributed by atoms with Crippen molar-refractivity contribution < 1.29 is 4.21 Å². The van der Waals surface area contributed by atoms with Crippen LogP contribution >= 0.6 is 0 Å². The van der Waals surface area contributed by atoms with Crippen molar-refractivity contribution in [3.05, 3.63) is 0 Å². The molecule has 1 unspecified atom stereocenters. The van der Waals surface area contributed by atoms with Gasteiger partial charge in [-0.15, -0.1) is 0 Å². The first kappa shape index (κ1) is 13.2. The van der Waals surface area contributed by atoms with Crippen molar-refractivity contribution in [2.24, 2.45) is 0 Å². The molecule has 6 heteroatoms. The van der Waals surface area contributed by atoms with Crippen LogP contribution in [0.15, 0.2) is 0 Å². The molecule has 1 atom stereocenters. The van der Waals surface area contributed by atoms with Gasteiger partial charge in [0.2, 0.25) is 0 Å². The van der Waals surface area contributed by atoms with Crippen LogP contribution in [-0.4, -0.2) is 29.8 Å². The van der Waals surface area contributed by atoms with Gasteiger partial charge in [-0.25, -0.2) is 17.7 Å². The van der Waals surface area contributed by atoms with Crippen LogP contribution in [0.4, 0.5) is 0 Å². The average Bonchev–Trinajstić information content (AvgIpc) is 1.73. The minimum Gasteiger partial charge on any atom is -0.240 e. The lowest BCUT2D eigenvalue weighted by Crippen LogP contribution is -2.59. The van der Waals surface area contributed by atoms with Crippen molar-refractivity contribution in [1.29, 1.82) is 4.78 Å². The van der Waals surface area contributed by atoms with Gasteiger partial charge in [0.15, 0.2) is 10.1 Å². The van der Waals surface area contributed by atoms with E-state index in [0.717, 1.165) is 19.5 Å². The Balaban J connectivity index is 2.76. The fourth-order valence-electron chi connectivity index (χ4n) is 1.11. The summed E-state index contributed by atoms with van der Waals surface area (Å²) in [6.07, 6.45) is 1.06. The summed E-state index contributed by atoms with van der Waals surface area (Å²) in [6.45, 7) is 12.3. The quantitative estimate of drug-likeness (QED) is 0.740. The average molecular weight is 249 g/mol. The smallest absolute Gasteiger partial charge is 0.166 e. The monoisotopic (exact) mass is 249 g/mol. The molecule has 1 heterocycles. The number of nitrogens with one attached hydrogen (secondary N) is 2. The molecule has 1 fully saturated rings. The summed E-state index contributed by atoms with van der Waals surface area (Å²) in [5.74, 6) is 0. The summed E-state index contributed by atoms with van der Waals surface area (Å²) < 4.78 is 24.9. The topological polar surface area (TPSA) is 56.2 Å². The number of rotatable bonds is 3. The van der Waals surface area contributed by atoms with Gasteiger partial charge in [0.1, 0.15) is 8.24 Å². The zero-order valence-electron chi connectivity index (χ0n) is 10.4. The van der Waals surface area contributed by atoms with Gasteiger partial charge >= 0.3 is 0 Å². The molecule has 0 spiro atoms. The van der Waals surface area contributed by atoms with E-state index in [-0.39, 0.29) is 5.04 Å². The standard InChI is InChI=1S/C9H23N3OSSi/c1-9(2,3)15(4,5)11-14(10,13)12-7-6-8-12/h6-8H2,1-5H3,(H2,10,11,13). The van der Waals surface area contributed by atoms with Crippen LogP contribution in [0.1, 0.15) is 27.2 Å². The number of hydrogen-bond acceptors (Lipinski definition) is 2. The van der Waals surface area contributed by atoms with Crippen LogP contribution < -0.4 is 4.39 Å². The van der Waals surface area contributed by atoms with E-state index in [1.165, 1.54) is 0 Å². The van der Waals surface area contributed by atoms with Crippen molar-refractivity contribution in [3.8, 4) is 0 Å². The molecular formula is C9H23N3OSSi. The van der Waals surface area contributed by atoms with Gasteiger partial charge in [0.05, 0.1) is 0 Å². The first-order valence-electron chi connectivity index (χ1n) is 5.39. The molecule has 15 heavy (non-hydrogen) atoms. The van der Waals surface area contributed by atoms with Gasteiger partial charge in [-0.3, -0.25) is 0 Å². The Morgan fingerprint density at radius 1 is 1.33 bits per heavy atom. The van der Waals surface area contributed by atoms with Crippen molar-refractivity contribution in [2.45, 2.75) is 45.3 Å². The Bertz CT molecular complexity index is 328. The number of hydrogen-bond donors (Lipinski definition) is 2. The summed E-state index contributed by atoms with van der Waals surface area (Å²) in [7, 11) is -4.56. The van der Waals surface area contributed by atoms with Crippen LogP contribution in [0.25, 0.3) is 0 Å². The minimum atomic E-state index is -2.72. The zero-order valence-corrected chi connectivity index (χ0v) is 12.2. The van der Waals surface area contributed by atoms with Crippen molar-refractivity contribution >= 4 is 18.3 Å². The molecule has 0 aliphatic carbocycles. The van der Waals surface area contributed by atoms with E-state index < -0.39 is 18.3 Å². The fraction of sp³-hybridized carbons (Fsp3) is 1.00. The second-order valence-electron chi connectivity index (χ2n) is 5.79. The molecule has 1 rings (SSSR count). The van der Waals surface area contributed by atoms with Gasteiger partial charge in [-0.1, -0.05) is 33.9 Å². The highest BCUT2D eigenvalue weighted by Gasteiger charge is 2.40. The van der Waals surface area contributed by atoms with Gasteiger partial charge < -0.3 is 0 Å². The lowest BCUT2D eigenvalue weighted by atomic mass is 10.2. The highest BCUT2D eigenvalue weighted by atomic mass is 32.2. The Kier molecular flexibility index (Phi) is 3.36. The second-order valence-corrected chi connectivity index (χ2v) is 12.9. The molecule has 90 valence electrons. The molecule has 2 N–H and O–H groups in total. The molecule has 0 aromatic heterocycles. The SMILES string of the molecule is CC(C)(C)[Si](C)(C)NS(=N)(=O)N1CCC1. The predicted molar refractivity (Wildman–Crippen MR) is 67.4 cm³/mol. The van der Waals surface area contributed by atoms with E-state index >= 15 is 0 Å². The summed E-state index contributed by atoms with van der Waals surface area (Å²) in [5, 5.41) is 0.113. The molecule has 1 aliphatic rings. The number of nitrogens with zero attached hydrogens (tertiary/aromatic N) is 1. The van der Waals surface area contributed by atoms with Crippen molar-refractivity contribution in [2.75, 3.05) is 13.1 Å². The summed E-state index contributed by atoms with van der Waals surface area (Å²) in [4.78, 5) is 0. The zero-order chi connectivity index (χ0) is 11.9. The maximum Gasteiger partial charge on any atom is 0.166 e. The van der Waals surface area contributed by atoms with Crippen molar-refractivity contribution in [1.82, 2.24) is 8.69 Å². The molecule has 0 saturated carbocycles. The molecule has 1 saturated heterocycles. The van der Waals surface area contributed by atoms with Gasteiger partial charge in [-0.2, -0.15) is 0 Å². The van der Waals surface area contributed by atoms with E-state index in [0.29, 0.717) is 0 Å². The van der Waals surface area contributed by atoms with E-state index in [9.17, 15) is 4.21 Å². The van der Waals surface area contributed by atoms with Crippen molar-refractivity contribution in [3.63, 3.8) is 0 Å². The molecular weight excluding hydrogens is 226 g/mol. The normalized spacial score (nSPS) is 23.3. The third-order valence-corrected chi connectivity index (χ3v) is 11.4. The highest BCUT2D eigenvalue weighted by molar-refractivity contribution is 7.89. The first-order chi connectivity index (χ1) is 6.56. The molecule has 0 bridgehead atoms. The summed E-state index contributed by atoms with van der Waals surface area (Å²) in [6, 6.07) is 0. The highest BCUT2D eigenvalue weighted by Crippen LogP contribution is 2.34. The van der Waals surface area contributed by atoms with Crippen LogP contribution in [0.5, 0.6) is 0 Å². The predicted octanol–water partition coefficient (Wildman–Crippen LogP) is 2.16. The molecule has 0 aromatic carbocycles. The van der Waals surface area contributed by atoms with Crippen LogP contribution in [0.3, 0.4) is 0 Å². The Morgan fingerprint density at radius 3 is 2.07 bits per heavy atom. The molecule has 0 amide bonds. The molecule has 0 aromatic rings. The Hall–Kier alpha value is 0.0869. The Labute approximate surface area is 94.8 Å². The van der Waals surface area contributed by atoms with E-state index in [1.54, 1.807) is 4.31 Å². The van der Waals surface area contributed by atoms with Crippen LogP contribution in [-0.2, 0) is 10.1 Å². The second kappa shape index (κ2) is 3.83. The third kappa shape index (κ3) is 2.80. The lowest BCUT2D eigenvalue weighted by Gasteiger charge is -2.41. The van der Waals surface area contributed by atoms with Crippen LogP contribution in [0, 0.1) is 4.78 Å². The summed E-state index contributed by atoms with van der Waals surface area (Å²) >= 11 is 0. The van der Waals surface area contributed by atoms with E-state index in [1.807, 2.05) is 0 Å². The molecule has 0 radical (unpaired) electrons. The lowest BCUT2D eigenvalue weighted by molar-refractivity contribution is 0.321. The first-order valence-corrected chi connectivity index (χ1v) is 9.90. The summed E-state index contributed by atoms with van der Waals surface area (Å²) in [5.41, 5.74) is 0. The van der Waals surface area contributed by atoms with Gasteiger partial charge in [-0.05, 0) is 11.5 Å². The fourth-order valence-corrected chi connectivity index (χ4v) is 6.39. The van der Waals surface area contributed by atoms with E-state index in [4.69, 9.17) is 4.78 Å². The third-order valence-electron chi connectivity index (χ3n) is 3.45. The maximum atomic E-state index is 12.1.